The van der Waals surface area contributed by atoms with E-state index < -0.39 is 5.72 Å². The maximum atomic E-state index is 6.54. The van der Waals surface area contributed by atoms with Gasteiger partial charge in [0.1, 0.15) is 5.75 Å². The Kier molecular flexibility index (Phi) is 4.22. The second kappa shape index (κ2) is 6.64. The molecule has 0 fully saturated rings. The highest BCUT2D eigenvalue weighted by molar-refractivity contribution is 9.10. The van der Waals surface area contributed by atoms with Gasteiger partial charge in [0.25, 0.3) is 0 Å². The van der Waals surface area contributed by atoms with E-state index in [4.69, 9.17) is 21.4 Å². The van der Waals surface area contributed by atoms with Crippen molar-refractivity contribution in [3.8, 4) is 5.75 Å². The molecule has 3 nitrogen and oxygen atoms in total. The molecule has 140 valence electrons. The van der Waals surface area contributed by atoms with Gasteiger partial charge in [-0.1, -0.05) is 70.0 Å². The number of ether oxygens (including phenoxy) is 1. The number of benzene rings is 3. The van der Waals surface area contributed by atoms with Crippen LogP contribution in [0.2, 0.25) is 5.02 Å². The molecule has 0 spiro atoms. The van der Waals surface area contributed by atoms with E-state index in [0.717, 1.165) is 39.0 Å². The van der Waals surface area contributed by atoms with Crippen LogP contribution in [0.5, 0.6) is 5.75 Å². The lowest BCUT2D eigenvalue weighted by Gasteiger charge is -2.46. The van der Waals surface area contributed by atoms with Crippen LogP contribution in [-0.4, -0.2) is 10.7 Å². The van der Waals surface area contributed by atoms with Gasteiger partial charge >= 0.3 is 0 Å². The van der Waals surface area contributed by atoms with Crippen LogP contribution in [0.4, 0.5) is 0 Å². The van der Waals surface area contributed by atoms with Crippen molar-refractivity contribution in [1.82, 2.24) is 5.01 Å². The average Bonchev–Trinajstić information content (AvgIpc) is 3.17. The molecule has 28 heavy (non-hydrogen) atoms. The second-order valence-corrected chi connectivity index (χ2v) is 8.60. The Bertz CT molecular complexity index is 1070. The largest absolute Gasteiger partial charge is 0.462 e. The molecule has 5 rings (SSSR count). The number of fused-ring (bicyclic) bond motifs is 3. The monoisotopic (exact) mass is 452 g/mol. The molecule has 0 amide bonds. The van der Waals surface area contributed by atoms with E-state index in [1.165, 1.54) is 0 Å². The van der Waals surface area contributed by atoms with E-state index in [0.29, 0.717) is 5.02 Å². The molecule has 2 atom stereocenters. The summed E-state index contributed by atoms with van der Waals surface area (Å²) in [5.74, 6) is 0.862. The van der Waals surface area contributed by atoms with Gasteiger partial charge in [0, 0.05) is 34.0 Å². The van der Waals surface area contributed by atoms with Gasteiger partial charge in [0.05, 0.1) is 11.8 Å². The van der Waals surface area contributed by atoms with Crippen molar-refractivity contribution in [2.45, 2.75) is 25.1 Å². The third-order valence-corrected chi connectivity index (χ3v) is 6.24. The quantitative estimate of drug-likeness (QED) is 0.441. The number of nitrogens with zero attached hydrogens (tertiary/aromatic N) is 2. The summed E-state index contributed by atoms with van der Waals surface area (Å²) in [6.45, 7) is 2.08. The summed E-state index contributed by atoms with van der Waals surface area (Å²) >= 11 is 9.83. The molecule has 0 aliphatic carbocycles. The van der Waals surface area contributed by atoms with Crippen molar-refractivity contribution in [3.05, 3.63) is 99.0 Å². The maximum absolute atomic E-state index is 6.54. The van der Waals surface area contributed by atoms with Crippen molar-refractivity contribution in [2.75, 3.05) is 0 Å². The van der Waals surface area contributed by atoms with E-state index in [1.807, 2.05) is 48.5 Å². The molecule has 0 N–H and O–H groups in total. The molecule has 0 bridgehead atoms. The standard InChI is InChI=1S/C23H18BrClN2O/c1-23(16-7-9-17(24)10-8-16)27-21(19-13-18(25)11-12-22(19)28-23)14-20(26-27)15-5-3-2-4-6-15/h2-13,21H,14H2,1H3/t21-,23-/m1/s1. The second-order valence-electron chi connectivity index (χ2n) is 7.25. The zero-order valence-corrected chi connectivity index (χ0v) is 17.6. The Morgan fingerprint density at radius 3 is 2.57 bits per heavy atom. The highest BCUT2D eigenvalue weighted by atomic mass is 79.9. The van der Waals surface area contributed by atoms with Gasteiger partial charge in [0.2, 0.25) is 5.72 Å². The number of hydrazone groups is 1. The minimum atomic E-state index is -0.706. The van der Waals surface area contributed by atoms with Crippen molar-refractivity contribution in [1.29, 1.82) is 0 Å². The normalized spacial score (nSPS) is 22.9. The fraction of sp³-hybridized carbons (Fsp3) is 0.174. The van der Waals surface area contributed by atoms with E-state index in [-0.39, 0.29) is 6.04 Å². The molecule has 3 aromatic rings. The molecule has 0 radical (unpaired) electrons. The van der Waals surface area contributed by atoms with Gasteiger partial charge in [-0.2, -0.15) is 5.10 Å². The number of hydrogen-bond donors (Lipinski definition) is 0. The first-order valence-corrected chi connectivity index (χ1v) is 10.4. The van der Waals surface area contributed by atoms with Gasteiger partial charge in [-0.15, -0.1) is 0 Å². The van der Waals surface area contributed by atoms with Gasteiger partial charge < -0.3 is 4.74 Å². The number of hydrogen-bond acceptors (Lipinski definition) is 3. The predicted molar refractivity (Wildman–Crippen MR) is 116 cm³/mol. The van der Waals surface area contributed by atoms with Crippen LogP contribution in [0.3, 0.4) is 0 Å². The summed E-state index contributed by atoms with van der Waals surface area (Å²) in [6, 6.07) is 24.5. The minimum Gasteiger partial charge on any atom is -0.462 e. The lowest BCUT2D eigenvalue weighted by molar-refractivity contribution is -0.112. The Hall–Kier alpha value is -2.30. The molecule has 0 aromatic heterocycles. The van der Waals surface area contributed by atoms with E-state index in [2.05, 4.69) is 52.1 Å². The average molecular weight is 454 g/mol. The molecule has 0 unspecified atom stereocenters. The fourth-order valence-electron chi connectivity index (χ4n) is 4.03. The van der Waals surface area contributed by atoms with Crippen LogP contribution in [0.15, 0.2) is 82.4 Å². The zero-order chi connectivity index (χ0) is 19.3. The third-order valence-electron chi connectivity index (χ3n) is 5.47. The number of halogens is 2. The van der Waals surface area contributed by atoms with Crippen LogP contribution in [0, 0.1) is 0 Å². The summed E-state index contributed by atoms with van der Waals surface area (Å²) in [5.41, 5.74) is 3.63. The summed E-state index contributed by atoms with van der Waals surface area (Å²) in [5, 5.41) is 7.84. The van der Waals surface area contributed by atoms with Crippen LogP contribution in [-0.2, 0) is 5.72 Å². The molecule has 2 aliphatic rings. The van der Waals surface area contributed by atoms with Crippen LogP contribution < -0.4 is 4.74 Å². The molecule has 2 aliphatic heterocycles. The van der Waals surface area contributed by atoms with Crippen molar-refractivity contribution >= 4 is 33.2 Å². The minimum absolute atomic E-state index is 0.0753. The SMILES string of the molecule is C[C@]1(c2ccc(Br)cc2)Oc2ccc(Cl)cc2[C@H]2CC(c3ccccc3)=NN21. The van der Waals surface area contributed by atoms with Gasteiger partial charge in [-0.25, -0.2) is 5.01 Å². The summed E-state index contributed by atoms with van der Waals surface area (Å²) < 4.78 is 7.58. The molecule has 0 saturated carbocycles. The van der Waals surface area contributed by atoms with Crippen molar-refractivity contribution < 1.29 is 4.74 Å². The van der Waals surface area contributed by atoms with Gasteiger partial charge in [-0.3, -0.25) is 0 Å². The molecular formula is C23H18BrClN2O. The molecule has 3 aromatic carbocycles. The Balaban J connectivity index is 1.66. The first-order chi connectivity index (χ1) is 13.5. The summed E-state index contributed by atoms with van der Waals surface area (Å²) in [4.78, 5) is 0. The van der Waals surface area contributed by atoms with E-state index in [9.17, 15) is 0 Å². The molecule has 5 heteroatoms. The first-order valence-electron chi connectivity index (χ1n) is 9.21. The van der Waals surface area contributed by atoms with E-state index >= 15 is 0 Å². The van der Waals surface area contributed by atoms with Gasteiger partial charge in [-0.05, 0) is 35.9 Å². The van der Waals surface area contributed by atoms with Crippen molar-refractivity contribution in [3.63, 3.8) is 0 Å². The zero-order valence-electron chi connectivity index (χ0n) is 15.3. The lowest BCUT2D eigenvalue weighted by Crippen LogP contribution is -2.48. The first kappa shape index (κ1) is 17.8. The van der Waals surface area contributed by atoms with Crippen LogP contribution in [0.25, 0.3) is 0 Å². The summed E-state index contributed by atoms with van der Waals surface area (Å²) in [7, 11) is 0. The topological polar surface area (TPSA) is 24.8 Å². The summed E-state index contributed by atoms with van der Waals surface area (Å²) in [6.07, 6.45) is 0.812. The predicted octanol–water partition coefficient (Wildman–Crippen LogP) is 6.52. The van der Waals surface area contributed by atoms with Crippen molar-refractivity contribution in [2.24, 2.45) is 5.10 Å². The lowest BCUT2D eigenvalue weighted by atomic mass is 9.92. The maximum Gasteiger partial charge on any atom is 0.221 e. The van der Waals surface area contributed by atoms with E-state index in [1.54, 1.807) is 0 Å². The molecule has 0 saturated heterocycles. The third kappa shape index (κ3) is 2.83. The Labute approximate surface area is 177 Å². The highest BCUT2D eigenvalue weighted by Gasteiger charge is 2.48. The molecular weight excluding hydrogens is 436 g/mol. The Morgan fingerprint density at radius 1 is 1.07 bits per heavy atom. The van der Waals surface area contributed by atoms with Gasteiger partial charge in [0.15, 0.2) is 0 Å². The van der Waals surface area contributed by atoms with Crippen LogP contribution >= 0.6 is 27.5 Å². The Morgan fingerprint density at radius 2 is 1.82 bits per heavy atom. The molecule has 2 heterocycles. The van der Waals surface area contributed by atoms with Crippen LogP contribution in [0.1, 0.15) is 36.1 Å². The highest BCUT2D eigenvalue weighted by Crippen LogP contribution is 2.50. The number of rotatable bonds is 2. The smallest absolute Gasteiger partial charge is 0.221 e. The fourth-order valence-corrected chi connectivity index (χ4v) is 4.48.